The van der Waals surface area contributed by atoms with Crippen LogP contribution in [0.1, 0.15) is 59.7 Å². The largest absolute Gasteiger partial charge is 0.481 e. The van der Waals surface area contributed by atoms with E-state index in [1.165, 1.54) is 16.8 Å². The van der Waals surface area contributed by atoms with E-state index >= 15 is 0 Å². The lowest BCUT2D eigenvalue weighted by molar-refractivity contribution is -0.147. The van der Waals surface area contributed by atoms with Crippen molar-refractivity contribution in [2.75, 3.05) is 6.54 Å². The van der Waals surface area contributed by atoms with Gasteiger partial charge in [-0.1, -0.05) is 29.5 Å². The smallest absolute Gasteiger partial charge is 0.310 e. The van der Waals surface area contributed by atoms with Crippen molar-refractivity contribution in [2.24, 2.45) is 12.5 Å². The normalized spacial score (nSPS) is 15.6. The van der Waals surface area contributed by atoms with Crippen LogP contribution in [-0.4, -0.2) is 47.1 Å². The van der Waals surface area contributed by atoms with Gasteiger partial charge in [0.15, 0.2) is 0 Å². The monoisotopic (exact) mass is 486 g/mol. The zero-order valence-corrected chi connectivity index (χ0v) is 21.7. The highest BCUT2D eigenvalue weighted by molar-refractivity contribution is 5.81. The van der Waals surface area contributed by atoms with Crippen LogP contribution in [0.25, 0.3) is 11.0 Å². The molecule has 0 aliphatic carbocycles. The Hall–Kier alpha value is -3.52. The first-order chi connectivity index (χ1) is 17.2. The summed E-state index contributed by atoms with van der Waals surface area (Å²) in [6, 6.07) is 10.5. The van der Waals surface area contributed by atoms with Crippen LogP contribution in [0.5, 0.6) is 0 Å². The fourth-order valence-corrected chi connectivity index (χ4v) is 5.54. The molecule has 36 heavy (non-hydrogen) atoms. The van der Waals surface area contributed by atoms with Crippen molar-refractivity contribution in [1.82, 2.24) is 29.4 Å². The van der Waals surface area contributed by atoms with Gasteiger partial charge in [-0.25, -0.2) is 9.67 Å². The molecule has 2 aromatic carbocycles. The van der Waals surface area contributed by atoms with Crippen molar-refractivity contribution in [3.63, 3.8) is 0 Å². The molecular formula is C28H34N6O2. The number of aliphatic carboxylic acids is 1. The molecule has 0 radical (unpaired) electrons. The molecular weight excluding hydrogens is 452 g/mol. The second kappa shape index (κ2) is 9.17. The van der Waals surface area contributed by atoms with Crippen LogP contribution in [0.2, 0.25) is 0 Å². The minimum Gasteiger partial charge on any atom is -0.481 e. The Balaban J connectivity index is 1.56. The van der Waals surface area contributed by atoms with Gasteiger partial charge in [0.25, 0.3) is 0 Å². The summed E-state index contributed by atoms with van der Waals surface area (Å²) >= 11 is 0. The van der Waals surface area contributed by atoms with E-state index in [-0.39, 0.29) is 5.92 Å². The number of aryl methyl sites for hydroxylation is 4. The van der Waals surface area contributed by atoms with Gasteiger partial charge in [0.05, 0.1) is 23.0 Å². The molecule has 1 atom stereocenters. The Bertz CT molecular complexity index is 1430. The third kappa shape index (κ3) is 4.19. The Labute approximate surface area is 211 Å². The van der Waals surface area contributed by atoms with E-state index in [0.717, 1.165) is 60.3 Å². The third-order valence-electron chi connectivity index (χ3n) is 7.82. The number of nitrogens with zero attached hydrogens (tertiary/aromatic N) is 6. The van der Waals surface area contributed by atoms with Gasteiger partial charge in [-0.2, -0.15) is 0 Å². The number of benzene rings is 2. The average molecular weight is 487 g/mol. The number of carboxylic acid groups (broad SMARTS) is 1. The zero-order valence-electron chi connectivity index (χ0n) is 21.7. The first-order valence-electron chi connectivity index (χ1n) is 12.5. The van der Waals surface area contributed by atoms with Gasteiger partial charge >= 0.3 is 5.97 Å². The first kappa shape index (κ1) is 24.2. The quantitative estimate of drug-likeness (QED) is 0.434. The molecule has 0 saturated heterocycles. The fourth-order valence-electron chi connectivity index (χ4n) is 5.54. The second-order valence-electron chi connectivity index (χ2n) is 10.6. The Morgan fingerprint density at radius 2 is 1.97 bits per heavy atom. The molecule has 5 rings (SSSR count). The van der Waals surface area contributed by atoms with Crippen molar-refractivity contribution in [1.29, 1.82) is 0 Å². The van der Waals surface area contributed by atoms with E-state index in [2.05, 4.69) is 49.9 Å². The van der Waals surface area contributed by atoms with E-state index < -0.39 is 11.4 Å². The molecule has 0 saturated carbocycles. The summed E-state index contributed by atoms with van der Waals surface area (Å²) in [5.41, 5.74) is 7.36. The van der Waals surface area contributed by atoms with Crippen LogP contribution in [0.15, 0.2) is 42.9 Å². The highest BCUT2D eigenvalue weighted by atomic mass is 16.4. The number of imidazole rings is 1. The average Bonchev–Trinajstić information content (AvgIpc) is 3.38. The molecule has 8 nitrogen and oxygen atoms in total. The summed E-state index contributed by atoms with van der Waals surface area (Å²) in [6.45, 7) is 11.5. The van der Waals surface area contributed by atoms with Gasteiger partial charge in [0.1, 0.15) is 5.52 Å². The Kier molecular flexibility index (Phi) is 6.16. The standard InChI is InChI=1S/C28H34N6O2/c1-18-7-8-20(13-21(18)15-33-11-6-12-34-17-29-14-22(34)16-33)25(28(3,4)27(35)36)23-9-10-24-26(19(23)2)30-31-32(24)5/h7-10,13-14,17,25H,6,11-12,15-16H2,1-5H3,(H,35,36). The molecule has 1 aliphatic rings. The Morgan fingerprint density at radius 1 is 1.17 bits per heavy atom. The molecule has 3 heterocycles. The topological polar surface area (TPSA) is 89.1 Å². The maximum absolute atomic E-state index is 12.5. The van der Waals surface area contributed by atoms with Gasteiger partial charge < -0.3 is 9.67 Å². The first-order valence-corrected chi connectivity index (χ1v) is 12.5. The van der Waals surface area contributed by atoms with Crippen LogP contribution < -0.4 is 0 Å². The molecule has 2 aromatic heterocycles. The van der Waals surface area contributed by atoms with E-state index in [9.17, 15) is 9.90 Å². The van der Waals surface area contributed by atoms with Gasteiger partial charge in [-0.15, -0.1) is 5.10 Å². The predicted octanol–water partition coefficient (Wildman–Crippen LogP) is 4.43. The second-order valence-corrected chi connectivity index (χ2v) is 10.6. The molecule has 1 N–H and O–H groups in total. The summed E-state index contributed by atoms with van der Waals surface area (Å²) < 4.78 is 3.99. The van der Waals surface area contributed by atoms with Gasteiger partial charge in [0.2, 0.25) is 0 Å². The number of carboxylic acids is 1. The summed E-state index contributed by atoms with van der Waals surface area (Å²) in [6.07, 6.45) is 4.95. The lowest BCUT2D eigenvalue weighted by Crippen LogP contribution is -2.32. The van der Waals surface area contributed by atoms with Crippen LogP contribution in [0.3, 0.4) is 0 Å². The van der Waals surface area contributed by atoms with E-state index in [0.29, 0.717) is 0 Å². The van der Waals surface area contributed by atoms with Gasteiger partial charge in [-0.05, 0) is 68.0 Å². The SMILES string of the molecule is Cc1ccc(C(c2ccc3c(nnn3C)c2C)C(C)(C)C(=O)O)cc1CN1CCCn2cncc2C1. The molecule has 0 spiro atoms. The summed E-state index contributed by atoms with van der Waals surface area (Å²) in [4.78, 5) is 19.3. The third-order valence-corrected chi connectivity index (χ3v) is 7.82. The highest BCUT2D eigenvalue weighted by Gasteiger charge is 2.40. The van der Waals surface area contributed by atoms with Gasteiger partial charge in [-0.3, -0.25) is 9.69 Å². The van der Waals surface area contributed by atoms with Crippen molar-refractivity contribution in [3.05, 3.63) is 76.4 Å². The number of aromatic nitrogens is 5. The van der Waals surface area contributed by atoms with Crippen LogP contribution >= 0.6 is 0 Å². The molecule has 188 valence electrons. The summed E-state index contributed by atoms with van der Waals surface area (Å²) in [5, 5.41) is 18.8. The van der Waals surface area contributed by atoms with E-state index in [4.69, 9.17) is 0 Å². The molecule has 0 fully saturated rings. The van der Waals surface area contributed by atoms with Crippen LogP contribution in [0, 0.1) is 19.3 Å². The maximum Gasteiger partial charge on any atom is 0.310 e. The zero-order chi connectivity index (χ0) is 25.6. The van der Waals surface area contributed by atoms with Crippen LogP contribution in [0.4, 0.5) is 0 Å². The number of fused-ring (bicyclic) bond motifs is 2. The Morgan fingerprint density at radius 3 is 2.75 bits per heavy atom. The maximum atomic E-state index is 12.5. The summed E-state index contributed by atoms with van der Waals surface area (Å²) in [7, 11) is 1.87. The molecule has 8 heteroatoms. The van der Waals surface area contributed by atoms with Crippen LogP contribution in [-0.2, 0) is 31.5 Å². The lowest BCUT2D eigenvalue weighted by Gasteiger charge is -2.33. The minimum absolute atomic E-state index is 0.341. The predicted molar refractivity (Wildman–Crippen MR) is 139 cm³/mol. The number of hydrogen-bond acceptors (Lipinski definition) is 5. The lowest BCUT2D eigenvalue weighted by atomic mass is 9.69. The highest BCUT2D eigenvalue weighted by Crippen LogP contribution is 2.44. The number of hydrogen-bond donors (Lipinski definition) is 1. The van der Waals surface area contributed by atoms with Crippen molar-refractivity contribution in [2.45, 2.75) is 59.7 Å². The van der Waals surface area contributed by atoms with Crippen molar-refractivity contribution < 1.29 is 9.90 Å². The molecule has 1 aliphatic heterocycles. The number of rotatable bonds is 6. The van der Waals surface area contributed by atoms with Crippen molar-refractivity contribution >= 4 is 17.0 Å². The molecule has 0 amide bonds. The fraction of sp³-hybridized carbons (Fsp3) is 0.429. The molecule has 0 bridgehead atoms. The number of carbonyl (C=O) groups is 1. The molecule has 4 aromatic rings. The summed E-state index contributed by atoms with van der Waals surface area (Å²) in [5.74, 6) is -1.17. The van der Waals surface area contributed by atoms with Gasteiger partial charge in [0, 0.05) is 45.3 Å². The molecule has 1 unspecified atom stereocenters. The van der Waals surface area contributed by atoms with E-state index in [1.54, 1.807) is 4.68 Å². The van der Waals surface area contributed by atoms with Crippen molar-refractivity contribution in [3.8, 4) is 0 Å². The minimum atomic E-state index is -1.03. The van der Waals surface area contributed by atoms with E-state index in [1.807, 2.05) is 52.5 Å².